The molecule has 12 nitrogen and oxygen atoms in total. The third-order valence-electron chi connectivity index (χ3n) is 5.02. The number of carbonyl (C=O) groups is 1. The van der Waals surface area contributed by atoms with Gasteiger partial charge >= 0.3 is 23.6 Å². The number of aromatic nitrogens is 3. The molecule has 0 aliphatic heterocycles. The van der Waals surface area contributed by atoms with E-state index in [-0.39, 0.29) is 12.6 Å². The van der Waals surface area contributed by atoms with Crippen LogP contribution in [0.5, 0.6) is 0 Å². The molecule has 1 heterocycles. The van der Waals surface area contributed by atoms with Gasteiger partial charge in [-0.15, -0.1) is 5.10 Å². The van der Waals surface area contributed by atoms with Gasteiger partial charge in [-0.25, -0.2) is 4.79 Å². The van der Waals surface area contributed by atoms with Crippen molar-refractivity contribution in [2.75, 3.05) is 46.2 Å². The summed E-state index contributed by atoms with van der Waals surface area (Å²) in [4.78, 5) is 12.2. The van der Waals surface area contributed by atoms with Gasteiger partial charge in [0.2, 0.25) is 0 Å². The van der Waals surface area contributed by atoms with Crippen LogP contribution in [0.2, 0.25) is 12.1 Å². The summed E-state index contributed by atoms with van der Waals surface area (Å²) in [6.07, 6.45) is 3.32. The highest BCUT2D eigenvalue weighted by Gasteiger charge is 2.40. The predicted molar refractivity (Wildman–Crippen MR) is 140 cm³/mol. The van der Waals surface area contributed by atoms with Gasteiger partial charge in [-0.05, 0) is 54.4 Å². The second-order valence-corrected chi connectivity index (χ2v) is 13.2. The molecule has 0 aliphatic rings. The number of urea groups is 1. The quantitative estimate of drug-likeness (QED) is 0.166. The normalized spacial score (nSPS) is 12.2. The first-order valence-corrected chi connectivity index (χ1v) is 17.0. The van der Waals surface area contributed by atoms with Gasteiger partial charge in [0.1, 0.15) is 5.69 Å². The number of aryl methyl sites for hydroxylation is 1. The zero-order chi connectivity index (χ0) is 26.7. The number of rotatable bonds is 22. The van der Waals surface area contributed by atoms with Crippen LogP contribution < -0.4 is 10.6 Å². The molecule has 36 heavy (non-hydrogen) atoms. The van der Waals surface area contributed by atoms with E-state index >= 15 is 0 Å². The third kappa shape index (κ3) is 12.2. The van der Waals surface area contributed by atoms with Crippen LogP contribution in [-0.4, -0.2) is 84.8 Å². The van der Waals surface area contributed by atoms with Gasteiger partial charge in [0.15, 0.2) is 0 Å². The molecule has 1 aromatic rings. The van der Waals surface area contributed by atoms with Crippen molar-refractivity contribution >= 4 is 23.6 Å². The fraction of sp³-hybridized carbons (Fsp3) is 0.864. The molecule has 0 saturated heterocycles. The van der Waals surface area contributed by atoms with E-state index in [0.717, 1.165) is 6.42 Å². The monoisotopic (exact) mass is 549 g/mol. The van der Waals surface area contributed by atoms with Crippen molar-refractivity contribution in [3.63, 3.8) is 0 Å². The maximum Gasteiger partial charge on any atom is 0.500 e. The van der Waals surface area contributed by atoms with Gasteiger partial charge in [0, 0.05) is 64.8 Å². The summed E-state index contributed by atoms with van der Waals surface area (Å²) in [5.74, 6) is 0. The minimum atomic E-state index is -2.69. The van der Waals surface area contributed by atoms with Gasteiger partial charge < -0.3 is 37.2 Å². The number of hydrogen-bond donors (Lipinski definition) is 2. The Morgan fingerprint density at radius 2 is 1.25 bits per heavy atom. The van der Waals surface area contributed by atoms with Crippen LogP contribution in [0.4, 0.5) is 4.79 Å². The molecule has 0 atom stereocenters. The fourth-order valence-corrected chi connectivity index (χ4v) is 8.93. The van der Waals surface area contributed by atoms with Gasteiger partial charge in [-0.1, -0.05) is 5.21 Å². The van der Waals surface area contributed by atoms with Crippen LogP contribution >= 0.6 is 0 Å². The van der Waals surface area contributed by atoms with Crippen molar-refractivity contribution in [3.05, 3.63) is 11.9 Å². The van der Waals surface area contributed by atoms with E-state index in [4.69, 9.17) is 26.6 Å². The summed E-state index contributed by atoms with van der Waals surface area (Å²) < 4.78 is 36.9. The average Bonchev–Trinajstić information content (AvgIpc) is 3.29. The van der Waals surface area contributed by atoms with E-state index in [1.54, 1.807) is 4.68 Å². The van der Waals surface area contributed by atoms with Crippen molar-refractivity contribution < 1.29 is 31.4 Å². The smallest absolute Gasteiger partial charge is 0.374 e. The van der Waals surface area contributed by atoms with Gasteiger partial charge in [-0.3, -0.25) is 4.68 Å². The molecule has 2 N–H and O–H groups in total. The predicted octanol–water partition coefficient (Wildman–Crippen LogP) is 2.95. The maximum absolute atomic E-state index is 12.2. The highest BCUT2D eigenvalue weighted by molar-refractivity contribution is 6.61. The van der Waals surface area contributed by atoms with Crippen molar-refractivity contribution in [1.82, 2.24) is 25.6 Å². The van der Waals surface area contributed by atoms with E-state index in [9.17, 15) is 4.79 Å². The lowest BCUT2D eigenvalue weighted by molar-refractivity contribution is 0.0698. The molecular formula is C22H47N5O7Si2. The molecule has 0 spiro atoms. The molecule has 0 aliphatic carbocycles. The Hall–Kier alpha value is -1.40. The third-order valence-corrected chi connectivity index (χ3v) is 11.3. The zero-order valence-electron chi connectivity index (χ0n) is 23.0. The lowest BCUT2D eigenvalue weighted by atomic mass is 10.4. The zero-order valence-corrected chi connectivity index (χ0v) is 25.0. The van der Waals surface area contributed by atoms with Crippen LogP contribution in [0.15, 0.2) is 6.20 Å². The highest BCUT2D eigenvalue weighted by Crippen LogP contribution is 2.19. The molecule has 0 fully saturated rings. The molecule has 14 heteroatoms. The molecule has 0 aromatic carbocycles. The van der Waals surface area contributed by atoms with Crippen molar-refractivity contribution in [1.29, 1.82) is 0 Å². The van der Waals surface area contributed by atoms with E-state index in [2.05, 4.69) is 20.9 Å². The van der Waals surface area contributed by atoms with Crippen LogP contribution in [-0.2, 0) is 39.6 Å². The SMILES string of the molecule is CCO[Si](CCCNC(=O)NCc1cn(CCC[Si](OCC)(OCC)OCC)nn1)(OCC)OCC. The Bertz CT molecular complexity index is 680. The standard InChI is InChI=1S/C22H47N5O7Si2/c1-7-29-35(30-8-2,31-9-3)17-13-15-23-22(28)24-19-21-20-27(26-25-21)16-14-18-36(32-10-4,33-11-5)34-12-6/h20H,7-19H2,1-6H3,(H2,23,24,28). The molecule has 2 amide bonds. The second kappa shape index (κ2) is 18.8. The topological polar surface area (TPSA) is 127 Å². The first-order chi connectivity index (χ1) is 17.4. The summed E-state index contributed by atoms with van der Waals surface area (Å²) in [5, 5.41) is 14.0. The van der Waals surface area contributed by atoms with Gasteiger partial charge in [0.05, 0.1) is 12.7 Å². The largest absolute Gasteiger partial charge is 0.500 e. The maximum atomic E-state index is 12.2. The van der Waals surface area contributed by atoms with E-state index in [1.165, 1.54) is 0 Å². The van der Waals surface area contributed by atoms with Crippen LogP contribution in [0.3, 0.4) is 0 Å². The minimum absolute atomic E-state index is 0.262. The van der Waals surface area contributed by atoms with Crippen molar-refractivity contribution in [2.24, 2.45) is 0 Å². The van der Waals surface area contributed by atoms with Crippen LogP contribution in [0.1, 0.15) is 60.1 Å². The summed E-state index contributed by atoms with van der Waals surface area (Å²) in [5.41, 5.74) is 0.684. The highest BCUT2D eigenvalue weighted by atomic mass is 28.4. The number of carbonyl (C=O) groups excluding carboxylic acids is 1. The van der Waals surface area contributed by atoms with E-state index < -0.39 is 17.6 Å². The van der Waals surface area contributed by atoms with Crippen LogP contribution in [0, 0.1) is 0 Å². The molecule has 1 aromatic heterocycles. The number of hydrogen-bond acceptors (Lipinski definition) is 9. The average molecular weight is 550 g/mol. The number of nitrogens with one attached hydrogen (secondary N) is 2. The second-order valence-electron chi connectivity index (χ2n) is 7.75. The molecule has 0 bridgehead atoms. The first kappa shape index (κ1) is 32.6. The van der Waals surface area contributed by atoms with Crippen molar-refractivity contribution in [3.8, 4) is 0 Å². The van der Waals surface area contributed by atoms with E-state index in [1.807, 2.05) is 47.7 Å². The Kier molecular flexibility index (Phi) is 17.0. The lowest BCUT2D eigenvalue weighted by Gasteiger charge is -2.28. The van der Waals surface area contributed by atoms with Crippen molar-refractivity contribution in [2.45, 2.75) is 79.6 Å². The summed E-state index contributed by atoms with van der Waals surface area (Å²) in [7, 11) is -5.35. The van der Waals surface area contributed by atoms with Gasteiger partial charge in [0.25, 0.3) is 0 Å². The Morgan fingerprint density at radius 1 is 0.778 bits per heavy atom. The summed E-state index contributed by atoms with van der Waals surface area (Å²) >= 11 is 0. The molecule has 210 valence electrons. The molecule has 0 saturated carbocycles. The molecule has 1 rings (SSSR count). The van der Waals surface area contributed by atoms with Gasteiger partial charge in [-0.2, -0.15) is 0 Å². The summed E-state index contributed by atoms with van der Waals surface area (Å²) in [6, 6.07) is 1.09. The Balaban J connectivity index is 2.40. The number of amides is 2. The molecule has 0 radical (unpaired) electrons. The minimum Gasteiger partial charge on any atom is -0.374 e. The molecular weight excluding hydrogens is 502 g/mol. The van der Waals surface area contributed by atoms with E-state index in [0.29, 0.717) is 76.9 Å². The lowest BCUT2D eigenvalue weighted by Crippen LogP contribution is -2.46. The fourth-order valence-electron chi connectivity index (χ4n) is 3.73. The number of nitrogens with zero attached hydrogens (tertiary/aromatic N) is 3. The molecule has 0 unspecified atom stereocenters. The first-order valence-electron chi connectivity index (χ1n) is 13.2. The Labute approximate surface area is 218 Å². The van der Waals surface area contributed by atoms with Crippen LogP contribution in [0.25, 0.3) is 0 Å². The summed E-state index contributed by atoms with van der Waals surface area (Å²) in [6.45, 7) is 16.4. The Morgan fingerprint density at radius 3 is 1.72 bits per heavy atom.